The van der Waals surface area contributed by atoms with E-state index in [-0.39, 0.29) is 5.91 Å². The third kappa shape index (κ3) is 2.82. The van der Waals surface area contributed by atoms with Crippen LogP contribution in [0.25, 0.3) is 0 Å². The highest BCUT2D eigenvalue weighted by Gasteiger charge is 2.19. The fraction of sp³-hybridized carbons (Fsp3) is 0.444. The maximum atomic E-state index is 11.3. The standard InChI is InChI=1S/C9H12N2O2/c1-9(2,3)8(12)11-6-7-10-4-5-13-7/h4-6H,1-3H3. The van der Waals surface area contributed by atoms with E-state index in [0.29, 0.717) is 5.89 Å². The van der Waals surface area contributed by atoms with E-state index >= 15 is 0 Å². The second-order valence-electron chi connectivity index (χ2n) is 3.68. The summed E-state index contributed by atoms with van der Waals surface area (Å²) in [4.78, 5) is 18.8. The minimum absolute atomic E-state index is 0.189. The molecule has 4 nitrogen and oxygen atoms in total. The van der Waals surface area contributed by atoms with E-state index in [1.54, 1.807) is 0 Å². The molecular weight excluding hydrogens is 168 g/mol. The number of rotatable bonds is 1. The van der Waals surface area contributed by atoms with E-state index in [4.69, 9.17) is 4.42 Å². The number of hydrogen-bond acceptors (Lipinski definition) is 3. The Kier molecular flexibility index (Phi) is 2.60. The zero-order valence-electron chi connectivity index (χ0n) is 7.94. The summed E-state index contributed by atoms with van der Waals surface area (Å²) in [6.45, 7) is 5.42. The molecule has 0 aliphatic rings. The molecule has 0 fully saturated rings. The van der Waals surface area contributed by atoms with Crippen molar-refractivity contribution in [2.75, 3.05) is 0 Å². The van der Waals surface area contributed by atoms with Crippen LogP contribution in [0.5, 0.6) is 0 Å². The topological polar surface area (TPSA) is 55.5 Å². The van der Waals surface area contributed by atoms with Gasteiger partial charge < -0.3 is 4.42 Å². The van der Waals surface area contributed by atoms with Crippen LogP contribution in [0.15, 0.2) is 21.9 Å². The SMILES string of the molecule is CC(C)(C)C(=O)N=Cc1ncco1. The highest BCUT2D eigenvalue weighted by molar-refractivity contribution is 5.92. The Morgan fingerprint density at radius 3 is 2.77 bits per heavy atom. The molecule has 0 bridgehead atoms. The van der Waals surface area contributed by atoms with Crippen molar-refractivity contribution in [2.45, 2.75) is 20.8 Å². The number of hydrogen-bond donors (Lipinski definition) is 0. The lowest BCUT2D eigenvalue weighted by Crippen LogP contribution is -2.17. The zero-order chi connectivity index (χ0) is 9.90. The fourth-order valence-corrected chi connectivity index (χ4v) is 0.606. The Balaban J connectivity index is 2.65. The Morgan fingerprint density at radius 1 is 1.62 bits per heavy atom. The molecule has 1 aromatic heterocycles. The molecule has 0 saturated carbocycles. The van der Waals surface area contributed by atoms with Gasteiger partial charge in [0.25, 0.3) is 5.91 Å². The predicted octanol–water partition coefficient (Wildman–Crippen LogP) is 1.67. The lowest BCUT2D eigenvalue weighted by Gasteiger charge is -2.11. The van der Waals surface area contributed by atoms with Crippen molar-refractivity contribution in [2.24, 2.45) is 10.4 Å². The van der Waals surface area contributed by atoms with Gasteiger partial charge in [-0.15, -0.1) is 0 Å². The Morgan fingerprint density at radius 2 is 2.31 bits per heavy atom. The fourth-order valence-electron chi connectivity index (χ4n) is 0.606. The summed E-state index contributed by atoms with van der Waals surface area (Å²) in [6.07, 6.45) is 4.26. The summed E-state index contributed by atoms with van der Waals surface area (Å²) in [6, 6.07) is 0. The maximum Gasteiger partial charge on any atom is 0.251 e. The molecule has 0 atom stereocenters. The number of amides is 1. The van der Waals surface area contributed by atoms with Gasteiger partial charge in [0.1, 0.15) is 6.26 Å². The summed E-state index contributed by atoms with van der Waals surface area (Å²) in [5.74, 6) is 0.156. The Bertz CT molecular complexity index is 307. The van der Waals surface area contributed by atoms with Crippen molar-refractivity contribution in [3.63, 3.8) is 0 Å². The number of carbonyl (C=O) groups excluding carboxylic acids is 1. The van der Waals surface area contributed by atoms with Crippen LogP contribution in [0, 0.1) is 5.41 Å². The number of aliphatic imine (C=N–C) groups is 1. The van der Waals surface area contributed by atoms with Gasteiger partial charge in [-0.05, 0) is 0 Å². The second-order valence-corrected chi connectivity index (χ2v) is 3.68. The van der Waals surface area contributed by atoms with Crippen LogP contribution in [0.3, 0.4) is 0 Å². The molecular formula is C9H12N2O2. The molecule has 0 saturated heterocycles. The van der Waals surface area contributed by atoms with Crippen LogP contribution in [0.2, 0.25) is 0 Å². The third-order valence-electron chi connectivity index (χ3n) is 1.39. The van der Waals surface area contributed by atoms with Crippen molar-refractivity contribution in [3.8, 4) is 0 Å². The van der Waals surface area contributed by atoms with Crippen molar-refractivity contribution >= 4 is 12.1 Å². The van der Waals surface area contributed by atoms with E-state index in [1.807, 2.05) is 20.8 Å². The molecule has 1 rings (SSSR count). The molecule has 0 aliphatic heterocycles. The molecule has 1 amide bonds. The highest BCUT2D eigenvalue weighted by atomic mass is 16.3. The van der Waals surface area contributed by atoms with Gasteiger partial charge >= 0.3 is 0 Å². The van der Waals surface area contributed by atoms with Crippen LogP contribution < -0.4 is 0 Å². The third-order valence-corrected chi connectivity index (χ3v) is 1.39. The molecule has 0 radical (unpaired) electrons. The molecule has 0 aliphatic carbocycles. The number of nitrogens with zero attached hydrogens (tertiary/aromatic N) is 2. The summed E-state index contributed by atoms with van der Waals surface area (Å²) in [5.41, 5.74) is -0.455. The van der Waals surface area contributed by atoms with Crippen LogP contribution in [0.1, 0.15) is 26.7 Å². The first kappa shape index (κ1) is 9.64. The summed E-state index contributed by atoms with van der Waals surface area (Å²) < 4.78 is 4.88. The van der Waals surface area contributed by atoms with E-state index in [0.717, 1.165) is 0 Å². The average molecular weight is 180 g/mol. The van der Waals surface area contributed by atoms with Crippen molar-refractivity contribution < 1.29 is 9.21 Å². The minimum atomic E-state index is -0.455. The van der Waals surface area contributed by atoms with Gasteiger partial charge in [-0.3, -0.25) is 4.79 Å². The number of carbonyl (C=O) groups is 1. The number of aromatic nitrogens is 1. The van der Waals surface area contributed by atoms with E-state index < -0.39 is 5.41 Å². The highest BCUT2D eigenvalue weighted by Crippen LogP contribution is 2.14. The first-order chi connectivity index (χ1) is 6.00. The lowest BCUT2D eigenvalue weighted by molar-refractivity contribution is -0.124. The van der Waals surface area contributed by atoms with Gasteiger partial charge in [-0.2, -0.15) is 0 Å². The molecule has 0 N–H and O–H groups in total. The van der Waals surface area contributed by atoms with Crippen LogP contribution in [-0.4, -0.2) is 17.1 Å². The molecule has 70 valence electrons. The van der Waals surface area contributed by atoms with Gasteiger partial charge in [0.15, 0.2) is 0 Å². The van der Waals surface area contributed by atoms with Gasteiger partial charge in [-0.25, -0.2) is 9.98 Å². The molecule has 1 heterocycles. The molecule has 0 spiro atoms. The first-order valence-corrected chi connectivity index (χ1v) is 3.98. The van der Waals surface area contributed by atoms with Crippen LogP contribution in [-0.2, 0) is 4.79 Å². The van der Waals surface area contributed by atoms with E-state index in [2.05, 4.69) is 9.98 Å². The second kappa shape index (κ2) is 3.51. The van der Waals surface area contributed by atoms with Gasteiger partial charge in [0.05, 0.1) is 12.4 Å². The zero-order valence-corrected chi connectivity index (χ0v) is 7.94. The molecule has 0 unspecified atom stereocenters. The summed E-state index contributed by atoms with van der Waals surface area (Å²) in [7, 11) is 0. The van der Waals surface area contributed by atoms with Crippen LogP contribution in [0.4, 0.5) is 0 Å². The van der Waals surface area contributed by atoms with Crippen molar-refractivity contribution in [1.82, 2.24) is 4.98 Å². The smallest absolute Gasteiger partial charge is 0.251 e. The van der Waals surface area contributed by atoms with E-state index in [1.165, 1.54) is 18.7 Å². The minimum Gasteiger partial charge on any atom is -0.444 e. The van der Waals surface area contributed by atoms with E-state index in [9.17, 15) is 4.79 Å². The summed E-state index contributed by atoms with van der Waals surface area (Å²) in [5, 5.41) is 0. The van der Waals surface area contributed by atoms with Crippen molar-refractivity contribution in [3.05, 3.63) is 18.4 Å². The predicted molar refractivity (Wildman–Crippen MR) is 48.6 cm³/mol. The average Bonchev–Trinajstić information content (AvgIpc) is 2.50. The quantitative estimate of drug-likeness (QED) is 0.617. The first-order valence-electron chi connectivity index (χ1n) is 3.98. The molecule has 0 aromatic carbocycles. The Labute approximate surface area is 76.7 Å². The largest absolute Gasteiger partial charge is 0.444 e. The molecule has 13 heavy (non-hydrogen) atoms. The maximum absolute atomic E-state index is 11.3. The molecule has 4 heteroatoms. The monoisotopic (exact) mass is 180 g/mol. The normalized spacial score (nSPS) is 12.2. The van der Waals surface area contributed by atoms with Crippen molar-refractivity contribution in [1.29, 1.82) is 0 Å². The van der Waals surface area contributed by atoms with Crippen LogP contribution >= 0.6 is 0 Å². The Hall–Kier alpha value is -1.45. The van der Waals surface area contributed by atoms with Gasteiger partial charge in [0, 0.05) is 5.41 Å². The lowest BCUT2D eigenvalue weighted by atomic mass is 9.96. The number of oxazole rings is 1. The van der Waals surface area contributed by atoms with Gasteiger partial charge in [0.2, 0.25) is 5.89 Å². The molecule has 1 aromatic rings. The van der Waals surface area contributed by atoms with Gasteiger partial charge in [-0.1, -0.05) is 20.8 Å². The summed E-state index contributed by atoms with van der Waals surface area (Å²) >= 11 is 0.